The number of rotatable bonds is 5. The molecule has 1 rings (SSSR count). The third-order valence-electron chi connectivity index (χ3n) is 3.42. The lowest BCUT2D eigenvalue weighted by atomic mass is 9.91. The highest BCUT2D eigenvalue weighted by Gasteiger charge is 2.30. The van der Waals surface area contributed by atoms with Crippen LogP contribution in [-0.2, 0) is 9.53 Å². The molecule has 0 saturated carbocycles. The molecule has 0 aromatic carbocycles. The van der Waals surface area contributed by atoms with Crippen LogP contribution in [0.4, 0.5) is 4.79 Å². The van der Waals surface area contributed by atoms with Crippen LogP contribution < -0.4 is 5.32 Å². The molecule has 2 atom stereocenters. The first-order chi connectivity index (χ1) is 10.0. The zero-order valence-corrected chi connectivity index (χ0v) is 14.4. The summed E-state index contributed by atoms with van der Waals surface area (Å²) in [6.07, 6.45) is 0.388. The van der Waals surface area contributed by atoms with Crippen molar-refractivity contribution in [1.29, 1.82) is 0 Å². The van der Waals surface area contributed by atoms with Crippen LogP contribution in [0.1, 0.15) is 47.5 Å². The molecule has 0 aliphatic carbocycles. The summed E-state index contributed by atoms with van der Waals surface area (Å²) in [5, 5.41) is 11.9. The van der Waals surface area contributed by atoms with Crippen molar-refractivity contribution in [3.8, 4) is 0 Å². The van der Waals surface area contributed by atoms with Crippen molar-refractivity contribution in [1.82, 2.24) is 10.2 Å². The summed E-state index contributed by atoms with van der Waals surface area (Å²) < 4.78 is 5.29. The fourth-order valence-corrected chi connectivity index (χ4v) is 2.94. The van der Waals surface area contributed by atoms with Crippen molar-refractivity contribution in [2.75, 3.05) is 19.6 Å². The summed E-state index contributed by atoms with van der Waals surface area (Å²) in [5.74, 6) is -0.219. The van der Waals surface area contributed by atoms with Gasteiger partial charge in [0, 0.05) is 32.1 Å². The van der Waals surface area contributed by atoms with Crippen molar-refractivity contribution < 1.29 is 19.4 Å². The molecule has 1 aliphatic rings. The summed E-state index contributed by atoms with van der Waals surface area (Å²) in [6.45, 7) is 12.2. The highest BCUT2D eigenvalue weighted by atomic mass is 16.6. The minimum atomic E-state index is -0.785. The van der Waals surface area contributed by atoms with Crippen LogP contribution in [0.5, 0.6) is 0 Å². The standard InChI is InChI=1S/C16H30N2O4/c1-11(2)8-18-9-12(7-14(19)20)6-13(10-18)17-15(21)22-16(3,4)5/h11-13H,6-10H2,1-5H3,(H,17,21)(H,19,20). The first kappa shape index (κ1) is 18.7. The molecule has 0 radical (unpaired) electrons. The maximum absolute atomic E-state index is 11.9. The van der Waals surface area contributed by atoms with Gasteiger partial charge in [0.25, 0.3) is 0 Å². The van der Waals surface area contributed by atoms with Crippen LogP contribution in [0.15, 0.2) is 0 Å². The van der Waals surface area contributed by atoms with Crippen LogP contribution in [-0.4, -0.2) is 53.3 Å². The zero-order valence-electron chi connectivity index (χ0n) is 14.4. The smallest absolute Gasteiger partial charge is 0.407 e. The molecule has 1 heterocycles. The van der Waals surface area contributed by atoms with Crippen LogP contribution in [0, 0.1) is 11.8 Å². The normalized spacial score (nSPS) is 23.4. The van der Waals surface area contributed by atoms with Gasteiger partial charge >= 0.3 is 12.1 Å². The fourth-order valence-electron chi connectivity index (χ4n) is 2.94. The Labute approximate surface area is 133 Å². The number of ether oxygens (including phenoxy) is 1. The molecule has 1 amide bonds. The number of carbonyl (C=O) groups excluding carboxylic acids is 1. The minimum Gasteiger partial charge on any atom is -0.481 e. The molecule has 22 heavy (non-hydrogen) atoms. The number of hydrogen-bond acceptors (Lipinski definition) is 4. The number of piperidine rings is 1. The van der Waals surface area contributed by atoms with Gasteiger partial charge in [0.15, 0.2) is 0 Å². The van der Waals surface area contributed by atoms with E-state index in [-0.39, 0.29) is 18.4 Å². The second kappa shape index (κ2) is 7.81. The summed E-state index contributed by atoms with van der Waals surface area (Å²) >= 11 is 0. The molecule has 0 aromatic heterocycles. The van der Waals surface area contributed by atoms with Crippen molar-refractivity contribution in [3.63, 3.8) is 0 Å². The van der Waals surface area contributed by atoms with E-state index in [1.807, 2.05) is 20.8 Å². The third kappa shape index (κ3) is 7.64. The van der Waals surface area contributed by atoms with Gasteiger partial charge in [0.2, 0.25) is 0 Å². The lowest BCUT2D eigenvalue weighted by molar-refractivity contribution is -0.138. The number of likely N-dealkylation sites (tertiary alicyclic amines) is 1. The van der Waals surface area contributed by atoms with Gasteiger partial charge in [-0.3, -0.25) is 4.79 Å². The Balaban J connectivity index is 2.62. The Bertz CT molecular complexity index is 390. The molecule has 0 aromatic rings. The number of carboxylic acid groups (broad SMARTS) is 1. The predicted octanol–water partition coefficient (Wildman–Crippen LogP) is 2.33. The van der Waals surface area contributed by atoms with E-state index in [1.54, 1.807) is 0 Å². The Morgan fingerprint density at radius 2 is 1.95 bits per heavy atom. The number of carbonyl (C=O) groups is 2. The van der Waals surface area contributed by atoms with Gasteiger partial charge in [-0.05, 0) is 39.0 Å². The summed E-state index contributed by atoms with van der Waals surface area (Å²) in [7, 11) is 0. The van der Waals surface area contributed by atoms with Crippen LogP contribution in [0.2, 0.25) is 0 Å². The molecule has 0 spiro atoms. The number of nitrogens with one attached hydrogen (secondary N) is 1. The maximum atomic E-state index is 11.9. The molecular formula is C16H30N2O4. The topological polar surface area (TPSA) is 78.9 Å². The average Bonchev–Trinajstić information content (AvgIpc) is 2.22. The van der Waals surface area contributed by atoms with E-state index in [2.05, 4.69) is 24.1 Å². The number of amides is 1. The number of alkyl carbamates (subject to hydrolysis) is 1. The van der Waals surface area contributed by atoms with Crippen molar-refractivity contribution in [2.24, 2.45) is 11.8 Å². The number of nitrogens with zero attached hydrogens (tertiary/aromatic N) is 1. The molecule has 0 bridgehead atoms. The third-order valence-corrected chi connectivity index (χ3v) is 3.42. The quantitative estimate of drug-likeness (QED) is 0.814. The first-order valence-electron chi connectivity index (χ1n) is 7.99. The van der Waals surface area contributed by atoms with Gasteiger partial charge in [-0.25, -0.2) is 4.79 Å². The van der Waals surface area contributed by atoms with Gasteiger partial charge in [0.1, 0.15) is 5.60 Å². The van der Waals surface area contributed by atoms with Crippen molar-refractivity contribution in [3.05, 3.63) is 0 Å². The van der Waals surface area contributed by atoms with E-state index in [0.717, 1.165) is 19.6 Å². The maximum Gasteiger partial charge on any atom is 0.407 e. The largest absolute Gasteiger partial charge is 0.481 e. The second-order valence-corrected chi connectivity index (χ2v) is 7.66. The highest BCUT2D eigenvalue weighted by Crippen LogP contribution is 2.21. The number of aliphatic carboxylic acids is 1. The Hall–Kier alpha value is -1.30. The Morgan fingerprint density at radius 1 is 1.32 bits per heavy atom. The van der Waals surface area contributed by atoms with Crippen LogP contribution >= 0.6 is 0 Å². The predicted molar refractivity (Wildman–Crippen MR) is 84.8 cm³/mol. The zero-order chi connectivity index (χ0) is 16.9. The molecule has 1 fully saturated rings. The molecular weight excluding hydrogens is 284 g/mol. The van der Waals surface area contributed by atoms with E-state index in [0.29, 0.717) is 12.3 Å². The Kier molecular flexibility index (Phi) is 6.66. The lowest BCUT2D eigenvalue weighted by Crippen LogP contribution is -2.52. The van der Waals surface area contributed by atoms with Gasteiger partial charge in [-0.2, -0.15) is 0 Å². The monoisotopic (exact) mass is 314 g/mol. The molecule has 2 N–H and O–H groups in total. The van der Waals surface area contributed by atoms with E-state index < -0.39 is 17.7 Å². The van der Waals surface area contributed by atoms with Crippen molar-refractivity contribution in [2.45, 2.75) is 59.1 Å². The van der Waals surface area contributed by atoms with E-state index in [1.165, 1.54) is 0 Å². The van der Waals surface area contributed by atoms with Gasteiger partial charge < -0.3 is 20.1 Å². The molecule has 6 heteroatoms. The first-order valence-corrected chi connectivity index (χ1v) is 7.99. The molecule has 128 valence electrons. The number of hydrogen-bond donors (Lipinski definition) is 2. The van der Waals surface area contributed by atoms with Gasteiger partial charge in [-0.1, -0.05) is 13.8 Å². The summed E-state index contributed by atoms with van der Waals surface area (Å²) in [6, 6.07) is -0.0632. The van der Waals surface area contributed by atoms with Crippen LogP contribution in [0.3, 0.4) is 0 Å². The Morgan fingerprint density at radius 3 is 2.45 bits per heavy atom. The summed E-state index contributed by atoms with van der Waals surface area (Å²) in [5.41, 5.74) is -0.531. The van der Waals surface area contributed by atoms with Gasteiger partial charge in [-0.15, -0.1) is 0 Å². The van der Waals surface area contributed by atoms with Crippen LogP contribution in [0.25, 0.3) is 0 Å². The van der Waals surface area contributed by atoms with E-state index in [4.69, 9.17) is 9.84 Å². The highest BCUT2D eigenvalue weighted by molar-refractivity contribution is 5.68. The minimum absolute atomic E-state index is 0.0601. The average molecular weight is 314 g/mol. The molecule has 1 aliphatic heterocycles. The second-order valence-electron chi connectivity index (χ2n) is 7.66. The van der Waals surface area contributed by atoms with E-state index in [9.17, 15) is 9.59 Å². The van der Waals surface area contributed by atoms with Crippen molar-refractivity contribution >= 4 is 12.1 Å². The van der Waals surface area contributed by atoms with Gasteiger partial charge in [0.05, 0.1) is 0 Å². The lowest BCUT2D eigenvalue weighted by Gasteiger charge is -2.38. The number of carboxylic acids is 1. The van der Waals surface area contributed by atoms with E-state index >= 15 is 0 Å². The molecule has 6 nitrogen and oxygen atoms in total. The molecule has 2 unspecified atom stereocenters. The fraction of sp³-hybridized carbons (Fsp3) is 0.875. The SMILES string of the molecule is CC(C)CN1CC(CC(=O)O)CC(NC(=O)OC(C)(C)C)C1. The summed E-state index contributed by atoms with van der Waals surface area (Å²) in [4.78, 5) is 25.1. The molecule has 1 saturated heterocycles.